The van der Waals surface area contributed by atoms with Gasteiger partial charge in [0, 0.05) is 24.7 Å². The number of hydrogen-bond donors (Lipinski definition) is 1. The van der Waals surface area contributed by atoms with E-state index in [-0.39, 0.29) is 6.10 Å². The quantitative estimate of drug-likeness (QED) is 0.862. The van der Waals surface area contributed by atoms with Crippen molar-refractivity contribution < 1.29 is 9.47 Å². The van der Waals surface area contributed by atoms with Crippen molar-refractivity contribution in [3.8, 4) is 5.75 Å². The SMILES string of the molecule is COc1cc(Cl)c(C)cc1NCC(C)OC. The number of anilines is 1. The van der Waals surface area contributed by atoms with E-state index in [2.05, 4.69) is 5.32 Å². The normalized spacial score (nSPS) is 12.3. The second-order valence-corrected chi connectivity index (χ2v) is 4.14. The fourth-order valence-corrected chi connectivity index (χ4v) is 1.46. The fourth-order valence-electron chi connectivity index (χ4n) is 1.31. The van der Waals surface area contributed by atoms with Gasteiger partial charge in [-0.2, -0.15) is 0 Å². The van der Waals surface area contributed by atoms with Crippen LogP contribution in [0.15, 0.2) is 12.1 Å². The molecule has 0 saturated carbocycles. The molecular weight excluding hydrogens is 226 g/mol. The van der Waals surface area contributed by atoms with Gasteiger partial charge in [-0.15, -0.1) is 0 Å². The highest BCUT2D eigenvalue weighted by Crippen LogP contribution is 2.30. The molecule has 1 rings (SSSR count). The van der Waals surface area contributed by atoms with Gasteiger partial charge in [-0.3, -0.25) is 0 Å². The zero-order valence-electron chi connectivity index (χ0n) is 10.1. The van der Waals surface area contributed by atoms with Gasteiger partial charge in [-0.05, 0) is 25.5 Å². The summed E-state index contributed by atoms with van der Waals surface area (Å²) in [6, 6.07) is 3.79. The number of ether oxygens (including phenoxy) is 2. The van der Waals surface area contributed by atoms with E-state index < -0.39 is 0 Å². The molecule has 1 unspecified atom stereocenters. The van der Waals surface area contributed by atoms with E-state index in [1.54, 1.807) is 14.2 Å². The minimum absolute atomic E-state index is 0.153. The van der Waals surface area contributed by atoms with E-state index in [4.69, 9.17) is 21.1 Å². The maximum atomic E-state index is 6.02. The van der Waals surface area contributed by atoms with Crippen LogP contribution in [0.5, 0.6) is 5.75 Å². The number of methoxy groups -OCH3 is 2. The summed E-state index contributed by atoms with van der Waals surface area (Å²) in [5.41, 5.74) is 1.96. The molecule has 0 bridgehead atoms. The third-order valence-corrected chi connectivity index (χ3v) is 2.87. The number of hydrogen-bond acceptors (Lipinski definition) is 3. The zero-order valence-corrected chi connectivity index (χ0v) is 10.9. The Bertz CT molecular complexity index is 355. The first-order chi connectivity index (χ1) is 7.58. The Morgan fingerprint density at radius 3 is 2.62 bits per heavy atom. The molecule has 0 spiro atoms. The molecule has 0 aliphatic carbocycles. The number of aryl methyl sites for hydroxylation is 1. The van der Waals surface area contributed by atoms with E-state index in [1.165, 1.54) is 0 Å². The number of benzene rings is 1. The fraction of sp³-hybridized carbons (Fsp3) is 0.500. The van der Waals surface area contributed by atoms with Crippen molar-refractivity contribution in [1.82, 2.24) is 0 Å². The number of nitrogens with one attached hydrogen (secondary N) is 1. The molecule has 0 aromatic heterocycles. The predicted molar refractivity (Wildman–Crippen MR) is 67.7 cm³/mol. The first-order valence-electron chi connectivity index (χ1n) is 5.19. The summed E-state index contributed by atoms with van der Waals surface area (Å²) in [5, 5.41) is 3.98. The highest BCUT2D eigenvalue weighted by Gasteiger charge is 2.07. The van der Waals surface area contributed by atoms with Gasteiger partial charge in [0.1, 0.15) is 5.75 Å². The summed E-state index contributed by atoms with van der Waals surface area (Å²) < 4.78 is 10.4. The first-order valence-corrected chi connectivity index (χ1v) is 5.57. The molecule has 0 radical (unpaired) electrons. The lowest BCUT2D eigenvalue weighted by molar-refractivity contribution is 0.128. The van der Waals surface area contributed by atoms with Gasteiger partial charge in [0.2, 0.25) is 0 Å². The summed E-state index contributed by atoms with van der Waals surface area (Å²) in [4.78, 5) is 0. The minimum Gasteiger partial charge on any atom is -0.495 e. The summed E-state index contributed by atoms with van der Waals surface area (Å²) in [6.45, 7) is 4.70. The van der Waals surface area contributed by atoms with Crippen LogP contribution in [-0.4, -0.2) is 26.9 Å². The molecule has 16 heavy (non-hydrogen) atoms. The molecule has 0 fully saturated rings. The molecular formula is C12H18ClNO2. The Labute approximate surface area is 102 Å². The maximum absolute atomic E-state index is 6.02. The van der Waals surface area contributed by atoms with Crippen LogP contribution in [0.3, 0.4) is 0 Å². The molecule has 0 aliphatic heterocycles. The van der Waals surface area contributed by atoms with Crippen molar-refractivity contribution in [3.63, 3.8) is 0 Å². The maximum Gasteiger partial charge on any atom is 0.143 e. The number of rotatable bonds is 5. The highest BCUT2D eigenvalue weighted by atomic mass is 35.5. The molecule has 0 aliphatic rings. The third kappa shape index (κ3) is 3.29. The Morgan fingerprint density at radius 2 is 2.06 bits per heavy atom. The van der Waals surface area contributed by atoms with Gasteiger partial charge in [0.15, 0.2) is 0 Å². The van der Waals surface area contributed by atoms with Crippen molar-refractivity contribution in [1.29, 1.82) is 0 Å². The van der Waals surface area contributed by atoms with Crippen LogP contribution in [0.25, 0.3) is 0 Å². The van der Waals surface area contributed by atoms with E-state index in [0.29, 0.717) is 5.02 Å². The second-order valence-electron chi connectivity index (χ2n) is 3.73. The summed E-state index contributed by atoms with van der Waals surface area (Å²) >= 11 is 6.02. The van der Waals surface area contributed by atoms with Gasteiger partial charge >= 0.3 is 0 Å². The molecule has 0 amide bonds. The molecule has 1 atom stereocenters. The topological polar surface area (TPSA) is 30.5 Å². The average Bonchev–Trinajstić information content (AvgIpc) is 2.29. The van der Waals surface area contributed by atoms with E-state index in [1.807, 2.05) is 26.0 Å². The van der Waals surface area contributed by atoms with E-state index in [9.17, 15) is 0 Å². The van der Waals surface area contributed by atoms with E-state index in [0.717, 1.165) is 23.5 Å². The molecule has 3 nitrogen and oxygen atoms in total. The van der Waals surface area contributed by atoms with Crippen molar-refractivity contribution in [3.05, 3.63) is 22.7 Å². The van der Waals surface area contributed by atoms with Crippen LogP contribution in [0.2, 0.25) is 5.02 Å². The highest BCUT2D eigenvalue weighted by molar-refractivity contribution is 6.31. The molecule has 1 aromatic rings. The molecule has 0 heterocycles. The summed E-state index contributed by atoms with van der Waals surface area (Å²) in [5.74, 6) is 0.749. The lowest BCUT2D eigenvalue weighted by atomic mass is 10.2. The van der Waals surface area contributed by atoms with Gasteiger partial charge in [0.05, 0.1) is 18.9 Å². The Balaban J connectivity index is 2.81. The molecule has 1 aromatic carbocycles. The van der Waals surface area contributed by atoms with Crippen molar-refractivity contribution in [2.75, 3.05) is 26.1 Å². The third-order valence-electron chi connectivity index (χ3n) is 2.46. The average molecular weight is 244 g/mol. The Kier molecular flexibility index (Phi) is 4.90. The van der Waals surface area contributed by atoms with Gasteiger partial charge in [-0.25, -0.2) is 0 Å². The van der Waals surface area contributed by atoms with Crippen molar-refractivity contribution in [2.45, 2.75) is 20.0 Å². The van der Waals surface area contributed by atoms with Gasteiger partial charge in [0.25, 0.3) is 0 Å². The van der Waals surface area contributed by atoms with Crippen molar-refractivity contribution in [2.24, 2.45) is 0 Å². The van der Waals surface area contributed by atoms with Crippen LogP contribution in [0.1, 0.15) is 12.5 Å². The Hall–Kier alpha value is -0.930. The Morgan fingerprint density at radius 1 is 1.38 bits per heavy atom. The largest absolute Gasteiger partial charge is 0.495 e. The van der Waals surface area contributed by atoms with Crippen LogP contribution >= 0.6 is 11.6 Å². The summed E-state index contributed by atoms with van der Waals surface area (Å²) in [7, 11) is 3.32. The smallest absolute Gasteiger partial charge is 0.143 e. The van der Waals surface area contributed by atoms with Crippen LogP contribution in [-0.2, 0) is 4.74 Å². The lowest BCUT2D eigenvalue weighted by Crippen LogP contribution is -2.18. The lowest BCUT2D eigenvalue weighted by Gasteiger charge is -2.15. The molecule has 90 valence electrons. The predicted octanol–water partition coefficient (Wildman–Crippen LogP) is 3.10. The molecule has 0 saturated heterocycles. The van der Waals surface area contributed by atoms with Crippen LogP contribution in [0, 0.1) is 6.92 Å². The second kappa shape index (κ2) is 5.97. The molecule has 1 N–H and O–H groups in total. The van der Waals surface area contributed by atoms with Gasteiger partial charge < -0.3 is 14.8 Å². The van der Waals surface area contributed by atoms with E-state index >= 15 is 0 Å². The van der Waals surface area contributed by atoms with Crippen LogP contribution < -0.4 is 10.1 Å². The zero-order chi connectivity index (χ0) is 12.1. The van der Waals surface area contributed by atoms with Gasteiger partial charge in [-0.1, -0.05) is 11.6 Å². The minimum atomic E-state index is 0.153. The molecule has 4 heteroatoms. The van der Waals surface area contributed by atoms with Crippen molar-refractivity contribution >= 4 is 17.3 Å². The monoisotopic (exact) mass is 243 g/mol. The standard InChI is InChI=1S/C12H18ClNO2/c1-8-5-11(14-7-9(2)15-3)12(16-4)6-10(8)13/h5-6,9,14H,7H2,1-4H3. The first kappa shape index (κ1) is 13.1. The summed E-state index contributed by atoms with van der Waals surface area (Å²) in [6.07, 6.45) is 0.153. The van der Waals surface area contributed by atoms with Crippen LogP contribution in [0.4, 0.5) is 5.69 Å². The number of halogens is 1.